The van der Waals surface area contributed by atoms with Gasteiger partial charge in [-0.25, -0.2) is 0 Å². The zero-order valence-electron chi connectivity index (χ0n) is 19.8. The number of terminal acetylenes is 1. The van der Waals surface area contributed by atoms with Crippen LogP contribution in [0, 0.1) is 41.4 Å². The van der Waals surface area contributed by atoms with E-state index in [9.17, 15) is 10.2 Å². The molecule has 0 saturated heterocycles. The molecule has 3 aliphatic carbocycles. The highest BCUT2D eigenvalue weighted by Gasteiger charge is 2.55. The number of aromatic hydroxyl groups is 1. The summed E-state index contributed by atoms with van der Waals surface area (Å²) in [5.41, 5.74) is 2.41. The maximum atomic E-state index is 10.5. The third kappa shape index (κ3) is 3.97. The van der Waals surface area contributed by atoms with Crippen LogP contribution < -0.4 is 4.74 Å². The molecule has 3 nitrogen and oxygen atoms in total. The van der Waals surface area contributed by atoms with Crippen molar-refractivity contribution in [2.24, 2.45) is 29.1 Å². The summed E-state index contributed by atoms with van der Waals surface area (Å²) < 4.78 is 5.43. The van der Waals surface area contributed by atoms with Gasteiger partial charge in [0.25, 0.3) is 0 Å². The summed E-state index contributed by atoms with van der Waals surface area (Å²) in [5, 5.41) is 20.8. The Labute approximate surface area is 188 Å². The minimum Gasteiger partial charge on any atom is -0.504 e. The highest BCUT2D eigenvalue weighted by Crippen LogP contribution is 2.65. The molecule has 0 spiro atoms. The van der Waals surface area contributed by atoms with Gasteiger partial charge in [0.1, 0.15) is 0 Å². The molecule has 1 aromatic rings. The Morgan fingerprint density at radius 2 is 2.06 bits per heavy atom. The summed E-state index contributed by atoms with van der Waals surface area (Å²) in [5.74, 6) is 6.98. The monoisotopic (exact) mass is 424 g/mol. The SMILES string of the molecule is C#CCC(C)(O)CC[C@@H](C)[C@H]1CC[C@H]2[C@@H]3CCc4cc(O)c(OC)cc4[C@H]3CC[C@]12C. The molecule has 3 heteroatoms. The Bertz CT molecular complexity index is 851. The molecule has 0 amide bonds. The van der Waals surface area contributed by atoms with Crippen LogP contribution in [0.2, 0.25) is 0 Å². The lowest BCUT2D eigenvalue weighted by molar-refractivity contribution is 0.000951. The Kier molecular flexibility index (Phi) is 6.08. The number of aliphatic hydroxyl groups is 1. The second kappa shape index (κ2) is 8.36. The van der Waals surface area contributed by atoms with Crippen molar-refractivity contribution >= 4 is 0 Å². The van der Waals surface area contributed by atoms with E-state index < -0.39 is 5.60 Å². The Morgan fingerprint density at radius 1 is 1.29 bits per heavy atom. The molecule has 7 atom stereocenters. The lowest BCUT2D eigenvalue weighted by Crippen LogP contribution is -2.43. The first-order chi connectivity index (χ1) is 14.7. The minimum absolute atomic E-state index is 0.274. The molecule has 1 unspecified atom stereocenters. The van der Waals surface area contributed by atoms with Gasteiger partial charge in [0.2, 0.25) is 0 Å². The average molecular weight is 425 g/mol. The number of methoxy groups -OCH3 is 1. The van der Waals surface area contributed by atoms with E-state index in [0.717, 1.165) is 37.0 Å². The fourth-order valence-corrected chi connectivity index (χ4v) is 7.77. The number of hydrogen-bond acceptors (Lipinski definition) is 3. The molecular formula is C28H40O3. The zero-order chi connectivity index (χ0) is 22.4. The molecule has 0 radical (unpaired) electrons. The van der Waals surface area contributed by atoms with Crippen molar-refractivity contribution in [2.45, 2.75) is 90.1 Å². The van der Waals surface area contributed by atoms with E-state index in [0.29, 0.717) is 29.4 Å². The van der Waals surface area contributed by atoms with E-state index in [1.807, 2.05) is 13.0 Å². The van der Waals surface area contributed by atoms with Gasteiger partial charge in [-0.2, -0.15) is 0 Å². The second-order valence-corrected chi connectivity index (χ2v) is 11.3. The van der Waals surface area contributed by atoms with E-state index >= 15 is 0 Å². The molecule has 2 saturated carbocycles. The van der Waals surface area contributed by atoms with Crippen LogP contribution in [0.15, 0.2) is 12.1 Å². The van der Waals surface area contributed by atoms with Gasteiger partial charge in [0, 0.05) is 6.42 Å². The van der Waals surface area contributed by atoms with Crippen molar-refractivity contribution in [1.29, 1.82) is 0 Å². The second-order valence-electron chi connectivity index (χ2n) is 11.3. The molecule has 1 aromatic carbocycles. The molecule has 0 heterocycles. The molecular weight excluding hydrogens is 384 g/mol. The van der Waals surface area contributed by atoms with Crippen molar-refractivity contribution in [3.63, 3.8) is 0 Å². The molecule has 3 aliphatic rings. The van der Waals surface area contributed by atoms with Gasteiger partial charge in [0.05, 0.1) is 12.7 Å². The van der Waals surface area contributed by atoms with Crippen LogP contribution in [0.4, 0.5) is 0 Å². The first-order valence-corrected chi connectivity index (χ1v) is 12.3. The normalized spacial score (nSPS) is 34.6. The Morgan fingerprint density at radius 3 is 2.77 bits per heavy atom. The Balaban J connectivity index is 1.51. The standard InChI is InChI=1S/C28H40O3/c1-6-13-27(3,30)14-11-18(2)23-9-10-24-21-8-7-19-16-25(29)26(31-5)17-22(19)20(21)12-15-28(23,24)4/h1,16-18,20-21,23-24,29-30H,7-15H2,2-5H3/t18-,20+,21-,23-,24+,27?,28-/m1/s1. The van der Waals surface area contributed by atoms with Crippen LogP contribution in [0.3, 0.4) is 0 Å². The van der Waals surface area contributed by atoms with E-state index in [-0.39, 0.29) is 5.75 Å². The van der Waals surface area contributed by atoms with E-state index in [4.69, 9.17) is 11.2 Å². The summed E-state index contributed by atoms with van der Waals surface area (Å²) in [6.45, 7) is 6.85. The van der Waals surface area contributed by atoms with Crippen molar-refractivity contribution in [3.8, 4) is 23.8 Å². The van der Waals surface area contributed by atoms with E-state index in [1.54, 1.807) is 7.11 Å². The summed E-state index contributed by atoms with van der Waals surface area (Å²) in [4.78, 5) is 0. The van der Waals surface area contributed by atoms with Crippen LogP contribution in [0.5, 0.6) is 11.5 Å². The summed E-state index contributed by atoms with van der Waals surface area (Å²) in [6.07, 6.45) is 15.2. The zero-order valence-corrected chi connectivity index (χ0v) is 19.8. The number of rotatable bonds is 6. The van der Waals surface area contributed by atoms with E-state index in [2.05, 4.69) is 25.8 Å². The number of phenols is 1. The summed E-state index contributed by atoms with van der Waals surface area (Å²) >= 11 is 0. The predicted octanol–water partition coefficient (Wildman–Crippen LogP) is 6.06. The lowest BCUT2D eigenvalue weighted by Gasteiger charge is -2.52. The highest BCUT2D eigenvalue weighted by atomic mass is 16.5. The van der Waals surface area contributed by atoms with Gasteiger partial charge in [-0.05, 0) is 117 Å². The Hall–Kier alpha value is -1.66. The van der Waals surface area contributed by atoms with Crippen LogP contribution in [0.25, 0.3) is 0 Å². The molecule has 0 aromatic heterocycles. The predicted molar refractivity (Wildman–Crippen MR) is 125 cm³/mol. The third-order valence-electron chi connectivity index (χ3n) is 9.41. The largest absolute Gasteiger partial charge is 0.504 e. The van der Waals surface area contributed by atoms with Gasteiger partial charge in [0.15, 0.2) is 11.5 Å². The van der Waals surface area contributed by atoms with Gasteiger partial charge >= 0.3 is 0 Å². The third-order valence-corrected chi connectivity index (χ3v) is 9.41. The lowest BCUT2D eigenvalue weighted by atomic mass is 9.53. The first-order valence-electron chi connectivity index (χ1n) is 12.3. The van der Waals surface area contributed by atoms with Crippen molar-refractivity contribution in [1.82, 2.24) is 0 Å². The average Bonchev–Trinajstić information content (AvgIpc) is 3.08. The summed E-state index contributed by atoms with van der Waals surface area (Å²) in [6, 6.07) is 4.06. The quantitative estimate of drug-likeness (QED) is 0.545. The number of phenolic OH excluding ortho intramolecular Hbond substituents is 1. The van der Waals surface area contributed by atoms with Gasteiger partial charge in [-0.15, -0.1) is 12.3 Å². The highest BCUT2D eigenvalue weighted by molar-refractivity contribution is 5.49. The van der Waals surface area contributed by atoms with Crippen LogP contribution in [0.1, 0.15) is 89.2 Å². The van der Waals surface area contributed by atoms with Crippen molar-refractivity contribution < 1.29 is 14.9 Å². The smallest absolute Gasteiger partial charge is 0.160 e. The topological polar surface area (TPSA) is 49.7 Å². The van der Waals surface area contributed by atoms with Crippen molar-refractivity contribution in [3.05, 3.63) is 23.3 Å². The van der Waals surface area contributed by atoms with Crippen molar-refractivity contribution in [2.75, 3.05) is 7.11 Å². The number of fused-ring (bicyclic) bond motifs is 5. The molecule has 2 N–H and O–H groups in total. The number of ether oxygens (including phenoxy) is 1. The van der Waals surface area contributed by atoms with Gasteiger partial charge < -0.3 is 14.9 Å². The van der Waals surface area contributed by atoms with Gasteiger partial charge in [-0.1, -0.05) is 13.8 Å². The van der Waals surface area contributed by atoms with Crippen LogP contribution in [-0.2, 0) is 6.42 Å². The minimum atomic E-state index is -0.739. The molecule has 2 fully saturated rings. The number of benzene rings is 1. The molecule has 4 rings (SSSR count). The van der Waals surface area contributed by atoms with E-state index in [1.165, 1.54) is 43.2 Å². The fourth-order valence-electron chi connectivity index (χ4n) is 7.77. The van der Waals surface area contributed by atoms with Crippen LogP contribution >= 0.6 is 0 Å². The van der Waals surface area contributed by atoms with Gasteiger partial charge in [-0.3, -0.25) is 0 Å². The molecule has 0 bridgehead atoms. The maximum absolute atomic E-state index is 10.5. The molecule has 31 heavy (non-hydrogen) atoms. The number of hydrogen-bond donors (Lipinski definition) is 2. The summed E-state index contributed by atoms with van der Waals surface area (Å²) in [7, 11) is 1.64. The molecule has 0 aliphatic heterocycles. The number of aryl methyl sites for hydroxylation is 1. The van der Waals surface area contributed by atoms with Crippen LogP contribution in [-0.4, -0.2) is 22.9 Å². The molecule has 170 valence electrons. The first kappa shape index (κ1) is 22.5. The maximum Gasteiger partial charge on any atom is 0.160 e. The fraction of sp³-hybridized carbons (Fsp3) is 0.714.